The van der Waals surface area contributed by atoms with E-state index in [2.05, 4.69) is 11.9 Å². The van der Waals surface area contributed by atoms with Gasteiger partial charge in [0.2, 0.25) is 6.34 Å². The minimum atomic E-state index is 0.0694. The quantitative estimate of drug-likeness (QED) is 0.486. The number of unbranched alkanes of at least 4 members (excludes halogenated alkanes) is 2. The molecule has 0 saturated heterocycles. The fourth-order valence-corrected chi connectivity index (χ4v) is 1.30. The summed E-state index contributed by atoms with van der Waals surface area (Å²) in [5, 5.41) is 9.71. The molecular formula is C8H17N2O+. The molecular weight excluding hydrogens is 140 g/mol. The van der Waals surface area contributed by atoms with Crippen LogP contribution in [0, 0.1) is 0 Å². The van der Waals surface area contributed by atoms with Crippen molar-refractivity contribution < 1.29 is 9.85 Å². The van der Waals surface area contributed by atoms with Gasteiger partial charge >= 0.3 is 0 Å². The SMILES string of the molecule is CCCCC[N+]1(O)C=NCC1. The van der Waals surface area contributed by atoms with E-state index in [1.165, 1.54) is 12.8 Å². The molecule has 1 aliphatic heterocycles. The molecule has 1 N–H and O–H groups in total. The topological polar surface area (TPSA) is 32.6 Å². The average Bonchev–Trinajstić information content (AvgIpc) is 2.38. The number of hydroxylamine groups is 3. The van der Waals surface area contributed by atoms with Crippen LogP contribution in [0.5, 0.6) is 0 Å². The number of hydrogen-bond acceptors (Lipinski definition) is 2. The Bertz CT molecular complexity index is 147. The number of rotatable bonds is 4. The fourth-order valence-electron chi connectivity index (χ4n) is 1.30. The minimum absolute atomic E-state index is 0.0694. The average molecular weight is 157 g/mol. The third kappa shape index (κ3) is 2.60. The highest BCUT2D eigenvalue weighted by molar-refractivity contribution is 5.46. The molecule has 1 atom stereocenters. The molecule has 0 aromatic rings. The lowest BCUT2D eigenvalue weighted by Crippen LogP contribution is -2.42. The molecule has 1 rings (SSSR count). The molecule has 1 unspecified atom stereocenters. The lowest BCUT2D eigenvalue weighted by molar-refractivity contribution is -1.02. The number of aliphatic imine (C=N–C) groups is 1. The molecule has 0 radical (unpaired) electrons. The normalized spacial score (nSPS) is 29.6. The Morgan fingerprint density at radius 1 is 1.55 bits per heavy atom. The highest BCUT2D eigenvalue weighted by atomic mass is 16.5. The maximum atomic E-state index is 9.71. The first-order valence-electron chi connectivity index (χ1n) is 4.37. The van der Waals surface area contributed by atoms with Gasteiger partial charge in [-0.25, -0.2) is 10.2 Å². The predicted octanol–water partition coefficient (Wildman–Crippen LogP) is 1.42. The van der Waals surface area contributed by atoms with Gasteiger partial charge in [0.1, 0.15) is 13.1 Å². The van der Waals surface area contributed by atoms with Gasteiger partial charge in [-0.05, 0) is 12.8 Å². The summed E-state index contributed by atoms with van der Waals surface area (Å²) in [6.45, 7) is 4.55. The third-order valence-corrected chi connectivity index (χ3v) is 2.06. The summed E-state index contributed by atoms with van der Waals surface area (Å²) in [4.78, 5) is 4.01. The minimum Gasteiger partial charge on any atom is -0.233 e. The number of hydrogen-bond donors (Lipinski definition) is 1. The van der Waals surface area contributed by atoms with E-state index in [-0.39, 0.29) is 4.65 Å². The molecule has 11 heavy (non-hydrogen) atoms. The zero-order valence-corrected chi connectivity index (χ0v) is 7.16. The zero-order valence-electron chi connectivity index (χ0n) is 7.16. The van der Waals surface area contributed by atoms with Gasteiger partial charge in [0, 0.05) is 0 Å². The van der Waals surface area contributed by atoms with Crippen LogP contribution >= 0.6 is 0 Å². The monoisotopic (exact) mass is 157 g/mol. The molecule has 1 aliphatic rings. The molecule has 0 spiro atoms. The summed E-state index contributed by atoms with van der Waals surface area (Å²) >= 11 is 0. The molecule has 3 nitrogen and oxygen atoms in total. The smallest absolute Gasteiger partial charge is 0.218 e. The van der Waals surface area contributed by atoms with E-state index in [0.29, 0.717) is 0 Å². The van der Waals surface area contributed by atoms with Crippen LogP contribution < -0.4 is 0 Å². The van der Waals surface area contributed by atoms with Crippen molar-refractivity contribution in [3.63, 3.8) is 0 Å². The highest BCUT2D eigenvalue weighted by Crippen LogP contribution is 2.07. The van der Waals surface area contributed by atoms with E-state index in [4.69, 9.17) is 0 Å². The van der Waals surface area contributed by atoms with Crippen molar-refractivity contribution in [2.45, 2.75) is 26.2 Å². The third-order valence-electron chi connectivity index (χ3n) is 2.06. The lowest BCUT2D eigenvalue weighted by atomic mass is 10.2. The van der Waals surface area contributed by atoms with Crippen LogP contribution in [0.15, 0.2) is 4.99 Å². The van der Waals surface area contributed by atoms with Crippen LogP contribution in [0.1, 0.15) is 26.2 Å². The van der Waals surface area contributed by atoms with Crippen molar-refractivity contribution in [3.05, 3.63) is 0 Å². The van der Waals surface area contributed by atoms with Gasteiger partial charge in [-0.1, -0.05) is 13.3 Å². The van der Waals surface area contributed by atoms with Gasteiger partial charge in [-0.3, -0.25) is 0 Å². The standard InChI is InChI=1S/C8H17N2O/c1-2-3-4-6-10(11)7-5-9-8-10/h8,11H,2-7H2,1H3/q+1. The van der Waals surface area contributed by atoms with Crippen LogP contribution in [-0.2, 0) is 0 Å². The second-order valence-electron chi connectivity index (χ2n) is 3.16. The summed E-state index contributed by atoms with van der Waals surface area (Å²) in [5.41, 5.74) is 0. The van der Waals surface area contributed by atoms with Crippen LogP contribution in [0.3, 0.4) is 0 Å². The van der Waals surface area contributed by atoms with E-state index < -0.39 is 0 Å². The van der Waals surface area contributed by atoms with Crippen molar-refractivity contribution in [2.24, 2.45) is 4.99 Å². The van der Waals surface area contributed by atoms with Gasteiger partial charge in [-0.2, -0.15) is 0 Å². The summed E-state index contributed by atoms with van der Waals surface area (Å²) in [6, 6.07) is 0. The van der Waals surface area contributed by atoms with E-state index >= 15 is 0 Å². The molecule has 0 aromatic carbocycles. The van der Waals surface area contributed by atoms with Gasteiger partial charge < -0.3 is 0 Å². The van der Waals surface area contributed by atoms with Gasteiger partial charge in [0.05, 0.1) is 6.54 Å². The zero-order chi connectivity index (χ0) is 8.16. The van der Waals surface area contributed by atoms with Crippen molar-refractivity contribution in [1.82, 2.24) is 0 Å². The fraction of sp³-hybridized carbons (Fsp3) is 0.875. The molecule has 0 amide bonds. The maximum Gasteiger partial charge on any atom is 0.218 e. The van der Waals surface area contributed by atoms with E-state index in [9.17, 15) is 5.21 Å². The van der Waals surface area contributed by atoms with Crippen LogP contribution in [-0.4, -0.2) is 35.8 Å². The van der Waals surface area contributed by atoms with Crippen molar-refractivity contribution in [1.29, 1.82) is 0 Å². The van der Waals surface area contributed by atoms with Crippen LogP contribution in [0.4, 0.5) is 0 Å². The Balaban J connectivity index is 2.18. The second-order valence-corrected chi connectivity index (χ2v) is 3.16. The Morgan fingerprint density at radius 3 is 2.91 bits per heavy atom. The largest absolute Gasteiger partial charge is 0.233 e. The Labute approximate surface area is 67.9 Å². The first kappa shape index (κ1) is 8.68. The highest BCUT2D eigenvalue weighted by Gasteiger charge is 2.26. The molecule has 3 heteroatoms. The number of nitrogens with zero attached hydrogens (tertiary/aromatic N) is 2. The van der Waals surface area contributed by atoms with E-state index in [1.54, 1.807) is 6.34 Å². The van der Waals surface area contributed by atoms with Gasteiger partial charge in [-0.15, -0.1) is 4.65 Å². The van der Waals surface area contributed by atoms with Crippen LogP contribution in [0.2, 0.25) is 0 Å². The van der Waals surface area contributed by atoms with Gasteiger partial charge in [0.15, 0.2) is 0 Å². The number of quaternary nitrogens is 1. The van der Waals surface area contributed by atoms with Crippen LogP contribution in [0.25, 0.3) is 0 Å². The molecule has 0 bridgehead atoms. The summed E-state index contributed by atoms with van der Waals surface area (Å²) in [5.74, 6) is 0. The van der Waals surface area contributed by atoms with Crippen molar-refractivity contribution in [3.8, 4) is 0 Å². The lowest BCUT2D eigenvalue weighted by Gasteiger charge is -2.19. The second kappa shape index (κ2) is 3.83. The van der Waals surface area contributed by atoms with E-state index in [1.807, 2.05) is 0 Å². The Morgan fingerprint density at radius 2 is 2.36 bits per heavy atom. The van der Waals surface area contributed by atoms with Gasteiger partial charge in [0.25, 0.3) is 0 Å². The Hall–Kier alpha value is -0.410. The molecule has 64 valence electrons. The Kier molecular flexibility index (Phi) is 3.02. The predicted molar refractivity (Wildman–Crippen MR) is 44.7 cm³/mol. The molecule has 0 fully saturated rings. The summed E-state index contributed by atoms with van der Waals surface area (Å²) in [7, 11) is 0. The van der Waals surface area contributed by atoms with E-state index in [0.717, 1.165) is 26.1 Å². The molecule has 1 heterocycles. The first-order chi connectivity index (χ1) is 5.27. The van der Waals surface area contributed by atoms with Crippen molar-refractivity contribution in [2.75, 3.05) is 19.6 Å². The summed E-state index contributed by atoms with van der Waals surface area (Å²) < 4.78 is 0.0694. The molecule has 0 aliphatic carbocycles. The summed E-state index contributed by atoms with van der Waals surface area (Å²) in [6.07, 6.45) is 5.17. The molecule has 0 saturated carbocycles. The molecule has 0 aromatic heterocycles. The first-order valence-corrected chi connectivity index (χ1v) is 4.37. The maximum absolute atomic E-state index is 9.71. The van der Waals surface area contributed by atoms with Crippen molar-refractivity contribution >= 4 is 6.34 Å².